The van der Waals surface area contributed by atoms with E-state index in [1.807, 2.05) is 0 Å². The predicted octanol–water partition coefficient (Wildman–Crippen LogP) is 5.84. The average Bonchev–Trinajstić information content (AvgIpc) is 2.46. The van der Waals surface area contributed by atoms with Crippen molar-refractivity contribution in [3.05, 3.63) is 69.5 Å². The minimum absolute atomic E-state index is 0.132. The summed E-state index contributed by atoms with van der Waals surface area (Å²) in [6, 6.07) is 11.3. The lowest BCUT2D eigenvalue weighted by molar-refractivity contribution is 0.613. The summed E-state index contributed by atoms with van der Waals surface area (Å²) in [7, 11) is 0. The zero-order valence-corrected chi connectivity index (χ0v) is 13.3. The van der Waals surface area contributed by atoms with Gasteiger partial charge in [0.1, 0.15) is 5.82 Å². The van der Waals surface area contributed by atoms with Crippen molar-refractivity contribution in [1.29, 1.82) is 0 Å². The van der Waals surface area contributed by atoms with Crippen LogP contribution in [0.2, 0.25) is 5.02 Å². The first-order valence-electron chi connectivity index (χ1n) is 6.86. The molecule has 0 radical (unpaired) electrons. The first kappa shape index (κ1) is 14.1. The molecule has 0 heterocycles. The van der Waals surface area contributed by atoms with Gasteiger partial charge in [0.05, 0.1) is 4.83 Å². The number of halogens is 3. The average molecular weight is 354 g/mol. The molecule has 2 aromatic rings. The van der Waals surface area contributed by atoms with Gasteiger partial charge >= 0.3 is 0 Å². The molecule has 20 heavy (non-hydrogen) atoms. The molecule has 1 aliphatic carbocycles. The van der Waals surface area contributed by atoms with Gasteiger partial charge in [-0.15, -0.1) is 0 Å². The monoisotopic (exact) mass is 352 g/mol. The van der Waals surface area contributed by atoms with Crippen LogP contribution in [0.4, 0.5) is 4.39 Å². The van der Waals surface area contributed by atoms with Gasteiger partial charge in [-0.2, -0.15) is 0 Å². The van der Waals surface area contributed by atoms with Gasteiger partial charge in [0, 0.05) is 10.6 Å². The third kappa shape index (κ3) is 2.77. The summed E-state index contributed by atoms with van der Waals surface area (Å²) in [4.78, 5) is -0.132. The number of benzene rings is 2. The first-order valence-corrected chi connectivity index (χ1v) is 8.15. The van der Waals surface area contributed by atoms with Crippen molar-refractivity contribution in [1.82, 2.24) is 0 Å². The van der Waals surface area contributed by atoms with Gasteiger partial charge in [-0.25, -0.2) is 4.39 Å². The largest absolute Gasteiger partial charge is 0.207 e. The normalized spacial score (nSPS) is 15.8. The highest BCUT2D eigenvalue weighted by atomic mass is 79.9. The van der Waals surface area contributed by atoms with Crippen LogP contribution in [0, 0.1) is 5.82 Å². The molecule has 0 fully saturated rings. The van der Waals surface area contributed by atoms with Gasteiger partial charge in [-0.1, -0.05) is 51.8 Å². The zero-order chi connectivity index (χ0) is 14.1. The highest BCUT2D eigenvalue weighted by Crippen LogP contribution is 2.35. The fourth-order valence-corrected chi connectivity index (χ4v) is 3.61. The van der Waals surface area contributed by atoms with E-state index in [0.29, 0.717) is 10.6 Å². The Balaban J connectivity index is 1.95. The molecule has 0 spiro atoms. The van der Waals surface area contributed by atoms with E-state index in [-0.39, 0.29) is 10.6 Å². The van der Waals surface area contributed by atoms with E-state index in [0.717, 1.165) is 18.4 Å². The SMILES string of the molecule is Fc1cc(Cl)ccc1C(Br)c1ccc2c(c1)CCCC2. The van der Waals surface area contributed by atoms with Crippen LogP contribution in [-0.2, 0) is 12.8 Å². The van der Waals surface area contributed by atoms with Gasteiger partial charge in [0.25, 0.3) is 0 Å². The van der Waals surface area contributed by atoms with Crippen molar-refractivity contribution in [2.45, 2.75) is 30.5 Å². The van der Waals surface area contributed by atoms with Crippen LogP contribution in [-0.4, -0.2) is 0 Å². The van der Waals surface area contributed by atoms with Crippen molar-refractivity contribution in [3.8, 4) is 0 Å². The van der Waals surface area contributed by atoms with E-state index in [1.165, 1.54) is 30.0 Å². The molecule has 104 valence electrons. The maximum absolute atomic E-state index is 14.0. The Labute approximate surface area is 132 Å². The predicted molar refractivity (Wildman–Crippen MR) is 85.3 cm³/mol. The number of fused-ring (bicyclic) bond motifs is 1. The molecule has 1 unspecified atom stereocenters. The fourth-order valence-electron chi connectivity index (χ4n) is 2.80. The standard InChI is InChI=1S/C17H15BrClF/c18-17(15-8-7-14(19)10-16(15)20)13-6-5-11-3-1-2-4-12(11)9-13/h5-10,17H,1-4H2. The second kappa shape index (κ2) is 5.87. The summed E-state index contributed by atoms with van der Waals surface area (Å²) < 4.78 is 14.0. The Morgan fingerprint density at radius 1 is 1.00 bits per heavy atom. The Morgan fingerprint density at radius 2 is 1.75 bits per heavy atom. The summed E-state index contributed by atoms with van der Waals surface area (Å²) in [6.45, 7) is 0. The molecule has 3 rings (SSSR count). The second-order valence-corrected chi connectivity index (χ2v) is 6.62. The molecule has 1 atom stereocenters. The molecule has 0 saturated carbocycles. The van der Waals surface area contributed by atoms with E-state index >= 15 is 0 Å². The quantitative estimate of drug-likeness (QED) is 0.595. The van der Waals surface area contributed by atoms with Gasteiger partial charge in [-0.05, 0) is 54.5 Å². The van der Waals surface area contributed by atoms with Gasteiger partial charge in [-0.3, -0.25) is 0 Å². The van der Waals surface area contributed by atoms with Crippen LogP contribution in [0.1, 0.15) is 39.9 Å². The first-order chi connectivity index (χ1) is 9.65. The number of alkyl halides is 1. The number of rotatable bonds is 2. The molecule has 0 bridgehead atoms. The van der Waals surface area contributed by atoms with Crippen molar-refractivity contribution in [2.75, 3.05) is 0 Å². The molecule has 2 aromatic carbocycles. The van der Waals surface area contributed by atoms with E-state index < -0.39 is 0 Å². The minimum Gasteiger partial charge on any atom is -0.207 e. The molecule has 3 heteroatoms. The van der Waals surface area contributed by atoms with Crippen LogP contribution in [0.5, 0.6) is 0 Å². The lowest BCUT2D eigenvalue weighted by atomic mass is 9.89. The lowest BCUT2D eigenvalue weighted by Gasteiger charge is -2.19. The summed E-state index contributed by atoms with van der Waals surface area (Å²) >= 11 is 9.42. The maximum atomic E-state index is 14.0. The van der Waals surface area contributed by atoms with Crippen molar-refractivity contribution < 1.29 is 4.39 Å². The van der Waals surface area contributed by atoms with Crippen LogP contribution in [0.25, 0.3) is 0 Å². The topological polar surface area (TPSA) is 0 Å². The Hall–Kier alpha value is -0.860. The number of aryl methyl sites for hydroxylation is 2. The molecule has 0 aromatic heterocycles. The zero-order valence-electron chi connectivity index (χ0n) is 11.0. The molecule has 0 saturated heterocycles. The molecule has 0 aliphatic heterocycles. The van der Waals surface area contributed by atoms with Gasteiger partial charge in [0.15, 0.2) is 0 Å². The van der Waals surface area contributed by atoms with Crippen LogP contribution in [0.3, 0.4) is 0 Å². The van der Waals surface area contributed by atoms with Crippen LogP contribution >= 0.6 is 27.5 Å². The lowest BCUT2D eigenvalue weighted by Crippen LogP contribution is -2.04. The summed E-state index contributed by atoms with van der Waals surface area (Å²) in [5.74, 6) is -0.267. The van der Waals surface area contributed by atoms with E-state index in [2.05, 4.69) is 34.1 Å². The third-order valence-corrected chi connectivity index (χ3v) is 5.16. The number of hydrogen-bond acceptors (Lipinski definition) is 0. The third-order valence-electron chi connectivity index (χ3n) is 3.90. The Morgan fingerprint density at radius 3 is 2.50 bits per heavy atom. The molecule has 0 N–H and O–H groups in total. The number of hydrogen-bond donors (Lipinski definition) is 0. The van der Waals surface area contributed by atoms with Crippen molar-refractivity contribution in [3.63, 3.8) is 0 Å². The molecule has 0 nitrogen and oxygen atoms in total. The van der Waals surface area contributed by atoms with Crippen molar-refractivity contribution >= 4 is 27.5 Å². The Bertz CT molecular complexity index is 639. The Kier molecular flexibility index (Phi) is 4.13. The summed E-state index contributed by atoms with van der Waals surface area (Å²) in [5, 5.41) is 0.427. The van der Waals surface area contributed by atoms with Gasteiger partial charge in [0.2, 0.25) is 0 Å². The highest BCUT2D eigenvalue weighted by Gasteiger charge is 2.17. The fraction of sp³-hybridized carbons (Fsp3) is 0.294. The smallest absolute Gasteiger partial charge is 0.129 e. The highest BCUT2D eigenvalue weighted by molar-refractivity contribution is 9.09. The van der Waals surface area contributed by atoms with E-state index in [9.17, 15) is 4.39 Å². The summed E-state index contributed by atoms with van der Waals surface area (Å²) in [5.41, 5.74) is 4.58. The second-order valence-electron chi connectivity index (χ2n) is 5.26. The van der Waals surface area contributed by atoms with Crippen molar-refractivity contribution in [2.24, 2.45) is 0 Å². The summed E-state index contributed by atoms with van der Waals surface area (Å²) in [6.07, 6.45) is 4.82. The minimum atomic E-state index is -0.267. The van der Waals surface area contributed by atoms with E-state index in [1.54, 1.807) is 12.1 Å². The van der Waals surface area contributed by atoms with Crippen LogP contribution in [0.15, 0.2) is 36.4 Å². The van der Waals surface area contributed by atoms with E-state index in [4.69, 9.17) is 11.6 Å². The molecular weight excluding hydrogens is 339 g/mol. The maximum Gasteiger partial charge on any atom is 0.129 e. The molecule has 1 aliphatic rings. The molecular formula is C17H15BrClF. The van der Waals surface area contributed by atoms with Gasteiger partial charge < -0.3 is 0 Å². The van der Waals surface area contributed by atoms with Crippen LogP contribution < -0.4 is 0 Å². The molecule has 0 amide bonds.